The first-order chi connectivity index (χ1) is 13.1. The highest BCUT2D eigenvalue weighted by molar-refractivity contribution is 5.78. The number of benzene rings is 2. The molecule has 0 spiro atoms. The first-order valence-electron chi connectivity index (χ1n) is 9.63. The molecule has 1 saturated heterocycles. The van der Waals surface area contributed by atoms with E-state index in [-0.39, 0.29) is 17.6 Å². The molecule has 0 unspecified atom stereocenters. The molecule has 1 N–H and O–H groups in total. The Balaban J connectivity index is 1.38. The molecule has 1 aliphatic rings. The number of piperidine rings is 1. The molecule has 0 aromatic heterocycles. The Morgan fingerprint density at radius 1 is 1.11 bits per heavy atom. The van der Waals surface area contributed by atoms with E-state index in [4.69, 9.17) is 0 Å². The van der Waals surface area contributed by atoms with Gasteiger partial charge < -0.3 is 10.2 Å². The van der Waals surface area contributed by atoms with Gasteiger partial charge in [0.05, 0.1) is 0 Å². The van der Waals surface area contributed by atoms with Crippen LogP contribution in [0.3, 0.4) is 0 Å². The third-order valence-corrected chi connectivity index (χ3v) is 5.25. The number of likely N-dealkylation sites (N-methyl/N-ethyl adjacent to an activating group) is 1. The quantitative estimate of drug-likeness (QED) is 0.814. The molecule has 1 heterocycles. The molecule has 144 valence electrons. The van der Waals surface area contributed by atoms with Crippen molar-refractivity contribution in [3.8, 4) is 0 Å². The second-order valence-corrected chi connectivity index (χ2v) is 7.19. The molecule has 0 saturated carbocycles. The van der Waals surface area contributed by atoms with Crippen LogP contribution in [0.5, 0.6) is 0 Å². The molecule has 4 nitrogen and oxygen atoms in total. The van der Waals surface area contributed by atoms with Crippen molar-refractivity contribution in [3.63, 3.8) is 0 Å². The molecular weight excluding hydrogens is 341 g/mol. The SMILES string of the molecule is CN(CCNC(=O)C1CCN(Cc2ccccc2F)CC1)c1ccccc1. The minimum absolute atomic E-state index is 0.0592. The molecule has 2 aromatic rings. The molecule has 3 rings (SSSR count). The smallest absolute Gasteiger partial charge is 0.223 e. The van der Waals surface area contributed by atoms with Crippen molar-refractivity contribution in [2.45, 2.75) is 19.4 Å². The summed E-state index contributed by atoms with van der Waals surface area (Å²) >= 11 is 0. The van der Waals surface area contributed by atoms with Crippen LogP contribution in [0, 0.1) is 11.7 Å². The van der Waals surface area contributed by atoms with E-state index in [1.54, 1.807) is 6.07 Å². The number of carbonyl (C=O) groups is 1. The number of amides is 1. The summed E-state index contributed by atoms with van der Waals surface area (Å²) in [5.74, 6) is 0.0470. The summed E-state index contributed by atoms with van der Waals surface area (Å²) in [4.78, 5) is 16.8. The number of nitrogens with one attached hydrogen (secondary N) is 1. The second kappa shape index (κ2) is 9.51. The van der Waals surface area contributed by atoms with Crippen LogP contribution in [0.15, 0.2) is 54.6 Å². The van der Waals surface area contributed by atoms with Gasteiger partial charge in [-0.05, 0) is 44.1 Å². The zero-order chi connectivity index (χ0) is 19.1. The zero-order valence-electron chi connectivity index (χ0n) is 15.9. The lowest BCUT2D eigenvalue weighted by molar-refractivity contribution is -0.126. The van der Waals surface area contributed by atoms with E-state index < -0.39 is 0 Å². The fraction of sp³-hybridized carbons (Fsp3) is 0.409. The van der Waals surface area contributed by atoms with Gasteiger partial charge in [-0.2, -0.15) is 0 Å². The van der Waals surface area contributed by atoms with Gasteiger partial charge in [0.25, 0.3) is 0 Å². The van der Waals surface area contributed by atoms with Crippen LogP contribution in [0.1, 0.15) is 18.4 Å². The minimum Gasteiger partial charge on any atom is -0.373 e. The van der Waals surface area contributed by atoms with Crippen molar-refractivity contribution < 1.29 is 9.18 Å². The lowest BCUT2D eigenvalue weighted by Gasteiger charge is -2.31. The molecule has 0 radical (unpaired) electrons. The summed E-state index contributed by atoms with van der Waals surface area (Å²) in [6.07, 6.45) is 1.66. The van der Waals surface area contributed by atoms with Crippen molar-refractivity contribution in [2.24, 2.45) is 5.92 Å². The molecule has 0 atom stereocenters. The maximum absolute atomic E-state index is 13.8. The summed E-state index contributed by atoms with van der Waals surface area (Å²) in [7, 11) is 2.03. The maximum Gasteiger partial charge on any atom is 0.223 e. The summed E-state index contributed by atoms with van der Waals surface area (Å²) in [5, 5.41) is 3.07. The van der Waals surface area contributed by atoms with Crippen LogP contribution in [0.25, 0.3) is 0 Å². The molecule has 27 heavy (non-hydrogen) atoms. The normalized spacial score (nSPS) is 15.5. The first-order valence-corrected chi connectivity index (χ1v) is 9.63. The van der Waals surface area contributed by atoms with Gasteiger partial charge in [0.2, 0.25) is 5.91 Å². The fourth-order valence-corrected chi connectivity index (χ4v) is 3.52. The average Bonchev–Trinajstić information content (AvgIpc) is 2.71. The molecule has 0 bridgehead atoms. The largest absolute Gasteiger partial charge is 0.373 e. The third-order valence-electron chi connectivity index (χ3n) is 5.25. The molecular formula is C22H28FN3O. The molecule has 1 amide bonds. The number of likely N-dealkylation sites (tertiary alicyclic amines) is 1. The Hall–Kier alpha value is -2.40. The Bertz CT molecular complexity index is 729. The van der Waals surface area contributed by atoms with E-state index >= 15 is 0 Å². The van der Waals surface area contributed by atoms with E-state index in [1.165, 1.54) is 6.07 Å². The second-order valence-electron chi connectivity index (χ2n) is 7.19. The average molecular weight is 369 g/mol. The van der Waals surface area contributed by atoms with Crippen LogP contribution in [0.4, 0.5) is 10.1 Å². The maximum atomic E-state index is 13.8. The predicted molar refractivity (Wildman–Crippen MR) is 107 cm³/mol. The van der Waals surface area contributed by atoms with Crippen LogP contribution in [-0.4, -0.2) is 44.0 Å². The Morgan fingerprint density at radius 2 is 1.78 bits per heavy atom. The zero-order valence-corrected chi connectivity index (χ0v) is 15.9. The van der Waals surface area contributed by atoms with Crippen LogP contribution in [-0.2, 0) is 11.3 Å². The highest BCUT2D eigenvalue weighted by Gasteiger charge is 2.25. The fourth-order valence-electron chi connectivity index (χ4n) is 3.52. The van der Waals surface area contributed by atoms with Crippen LogP contribution in [0.2, 0.25) is 0 Å². The third kappa shape index (κ3) is 5.54. The number of hydrogen-bond acceptors (Lipinski definition) is 3. The molecule has 1 fully saturated rings. The summed E-state index contributed by atoms with van der Waals surface area (Å²) in [6.45, 7) is 3.69. The summed E-state index contributed by atoms with van der Waals surface area (Å²) in [6, 6.07) is 17.1. The minimum atomic E-state index is -0.153. The van der Waals surface area contributed by atoms with Gasteiger partial charge in [0, 0.05) is 43.9 Å². The Morgan fingerprint density at radius 3 is 2.48 bits per heavy atom. The van der Waals surface area contributed by atoms with E-state index in [9.17, 15) is 9.18 Å². The lowest BCUT2D eigenvalue weighted by atomic mass is 9.95. The Labute approximate surface area is 161 Å². The monoisotopic (exact) mass is 369 g/mol. The van der Waals surface area contributed by atoms with Crippen molar-refractivity contribution in [1.82, 2.24) is 10.2 Å². The van der Waals surface area contributed by atoms with Gasteiger partial charge in [-0.3, -0.25) is 9.69 Å². The number of halogens is 1. The molecule has 1 aliphatic heterocycles. The Kier molecular flexibility index (Phi) is 6.82. The van der Waals surface area contributed by atoms with E-state index in [0.29, 0.717) is 13.1 Å². The van der Waals surface area contributed by atoms with Crippen molar-refractivity contribution in [3.05, 3.63) is 66.0 Å². The highest BCUT2D eigenvalue weighted by atomic mass is 19.1. The predicted octanol–water partition coefficient (Wildman–Crippen LogP) is 3.29. The van der Waals surface area contributed by atoms with E-state index in [0.717, 1.165) is 43.7 Å². The standard InChI is InChI=1S/C22H28FN3O/c1-25(20-8-3-2-4-9-20)16-13-24-22(27)18-11-14-26(15-12-18)17-19-7-5-6-10-21(19)23/h2-10,18H,11-17H2,1H3,(H,24,27). The lowest BCUT2D eigenvalue weighted by Crippen LogP contribution is -2.42. The summed E-state index contributed by atoms with van der Waals surface area (Å²) < 4.78 is 13.8. The van der Waals surface area contributed by atoms with Crippen molar-refractivity contribution >= 4 is 11.6 Å². The van der Waals surface area contributed by atoms with Gasteiger partial charge in [-0.1, -0.05) is 36.4 Å². The van der Waals surface area contributed by atoms with Crippen LogP contribution >= 0.6 is 0 Å². The number of anilines is 1. The first kappa shape index (κ1) is 19.4. The number of rotatable bonds is 7. The summed E-state index contributed by atoms with van der Waals surface area (Å²) in [5.41, 5.74) is 1.87. The topological polar surface area (TPSA) is 35.6 Å². The number of hydrogen-bond donors (Lipinski definition) is 1. The van der Waals surface area contributed by atoms with Crippen molar-refractivity contribution in [2.75, 3.05) is 38.1 Å². The van der Waals surface area contributed by atoms with Gasteiger partial charge in [0.1, 0.15) is 5.82 Å². The van der Waals surface area contributed by atoms with E-state index in [1.807, 2.05) is 37.4 Å². The number of para-hydroxylation sites is 1. The van der Waals surface area contributed by atoms with Gasteiger partial charge in [-0.25, -0.2) is 4.39 Å². The molecule has 2 aromatic carbocycles. The number of carbonyl (C=O) groups excluding carboxylic acids is 1. The van der Waals surface area contributed by atoms with Gasteiger partial charge >= 0.3 is 0 Å². The number of nitrogens with zero attached hydrogens (tertiary/aromatic N) is 2. The van der Waals surface area contributed by atoms with Gasteiger partial charge in [0.15, 0.2) is 0 Å². The van der Waals surface area contributed by atoms with Crippen molar-refractivity contribution in [1.29, 1.82) is 0 Å². The van der Waals surface area contributed by atoms with E-state index in [2.05, 4.69) is 27.2 Å². The molecule has 5 heteroatoms. The molecule has 0 aliphatic carbocycles. The van der Waals surface area contributed by atoms with Gasteiger partial charge in [-0.15, -0.1) is 0 Å². The highest BCUT2D eigenvalue weighted by Crippen LogP contribution is 2.20. The van der Waals surface area contributed by atoms with Crippen LogP contribution < -0.4 is 10.2 Å².